The average molecular weight is 569 g/mol. The minimum absolute atomic E-state index is 0.128. The molecule has 1 fully saturated rings. The monoisotopic (exact) mass is 568 g/mol. The van der Waals surface area contributed by atoms with Crippen molar-refractivity contribution >= 4 is 7.82 Å². The summed E-state index contributed by atoms with van der Waals surface area (Å²) in [5.41, 5.74) is 0. The minimum atomic E-state index is -4.48. The second-order valence-electron chi connectivity index (χ2n) is 10.8. The van der Waals surface area contributed by atoms with Crippen molar-refractivity contribution in [1.82, 2.24) is 0 Å². The van der Waals surface area contributed by atoms with Crippen molar-refractivity contribution < 1.29 is 43.3 Å². The van der Waals surface area contributed by atoms with Gasteiger partial charge in [-0.1, -0.05) is 103 Å². The fourth-order valence-electron chi connectivity index (χ4n) is 4.77. The third kappa shape index (κ3) is 17.6. The lowest BCUT2D eigenvalue weighted by Crippen LogP contribution is -2.49. The number of hydrogen-bond acceptors (Lipinski definition) is 8. The van der Waals surface area contributed by atoms with Crippen molar-refractivity contribution in [2.24, 2.45) is 0 Å². The van der Waals surface area contributed by atoms with Gasteiger partial charge in [-0.2, -0.15) is 0 Å². The third-order valence-corrected chi connectivity index (χ3v) is 8.36. The molecule has 4 N–H and O–H groups in total. The summed E-state index contributed by atoms with van der Waals surface area (Å²) >= 11 is 0. The fourth-order valence-corrected chi connectivity index (χ4v) is 5.76. The van der Waals surface area contributed by atoms with Crippen LogP contribution in [0.5, 0.6) is 0 Å². The summed E-state index contributed by atoms with van der Waals surface area (Å²) in [5.74, 6) is 0. The van der Waals surface area contributed by atoms with E-state index in [1.165, 1.54) is 97.0 Å². The van der Waals surface area contributed by atoms with Crippen molar-refractivity contribution in [3.8, 4) is 0 Å². The highest BCUT2D eigenvalue weighted by molar-refractivity contribution is 7.47. The van der Waals surface area contributed by atoms with E-state index in [1.807, 2.05) is 0 Å². The van der Waals surface area contributed by atoms with Gasteiger partial charge in [0.2, 0.25) is 0 Å². The Kier molecular flexibility index (Phi) is 21.4. The Morgan fingerprint density at radius 1 is 0.737 bits per heavy atom. The van der Waals surface area contributed by atoms with Crippen LogP contribution in [0.1, 0.15) is 122 Å². The van der Waals surface area contributed by atoms with E-state index in [4.69, 9.17) is 18.5 Å². The van der Waals surface area contributed by atoms with E-state index in [9.17, 15) is 24.8 Å². The molecule has 1 aliphatic carbocycles. The second-order valence-corrected chi connectivity index (χ2v) is 12.2. The van der Waals surface area contributed by atoms with Crippen LogP contribution >= 0.6 is 7.82 Å². The van der Waals surface area contributed by atoms with E-state index in [0.29, 0.717) is 6.61 Å². The highest BCUT2D eigenvalue weighted by atomic mass is 31.2. The van der Waals surface area contributed by atoms with Gasteiger partial charge in [0, 0.05) is 13.7 Å². The zero-order chi connectivity index (χ0) is 28.1. The van der Waals surface area contributed by atoms with E-state index in [0.717, 1.165) is 12.8 Å². The van der Waals surface area contributed by atoms with E-state index in [2.05, 4.69) is 6.92 Å². The van der Waals surface area contributed by atoms with Crippen LogP contribution in [0.25, 0.3) is 0 Å². The van der Waals surface area contributed by atoms with Crippen LogP contribution in [0, 0.1) is 0 Å². The smallest absolute Gasteiger partial charge is 0.390 e. The first-order chi connectivity index (χ1) is 18.3. The van der Waals surface area contributed by atoms with Crippen LogP contribution in [0.2, 0.25) is 0 Å². The maximum atomic E-state index is 12.2. The molecule has 0 aromatic rings. The second kappa shape index (κ2) is 22.6. The lowest BCUT2D eigenvalue weighted by Gasteiger charge is -2.35. The molecule has 1 rings (SSSR count). The number of rotatable bonds is 25. The van der Waals surface area contributed by atoms with Crippen LogP contribution < -0.4 is 0 Å². The highest BCUT2D eigenvalue weighted by Crippen LogP contribution is 2.47. The summed E-state index contributed by atoms with van der Waals surface area (Å²) in [7, 11) is -3.01. The molecule has 0 aromatic heterocycles. The van der Waals surface area contributed by atoms with Gasteiger partial charge >= 0.3 is 7.82 Å². The molecule has 10 heteroatoms. The van der Waals surface area contributed by atoms with Gasteiger partial charge in [-0.05, 0) is 19.3 Å². The number of hydrogen-bond donors (Lipinski definition) is 4. The molecule has 0 saturated heterocycles. The molecule has 1 unspecified atom stereocenters. The zero-order valence-corrected chi connectivity index (χ0v) is 24.9. The number of unbranched alkanes of at least 4 members (excludes halogenated alkanes) is 15. The molecule has 38 heavy (non-hydrogen) atoms. The summed E-state index contributed by atoms with van der Waals surface area (Å²) in [6.07, 6.45) is 15.7. The van der Waals surface area contributed by atoms with Crippen molar-refractivity contribution in [3.05, 3.63) is 0 Å². The number of methoxy groups -OCH3 is 1. The van der Waals surface area contributed by atoms with E-state index in [-0.39, 0.29) is 26.1 Å². The Morgan fingerprint density at radius 3 is 1.74 bits per heavy atom. The Labute approximate surface area is 231 Å². The lowest BCUT2D eigenvalue weighted by molar-refractivity contribution is -0.133. The molecule has 6 atom stereocenters. The SMILES string of the molecule is CCCCCCCCCCCCCCCCCCOC[C@H](COP(=O)(O)O[C@@H]1CC[C@@H](O)[C@H](O)[C@H]1O)OC. The third-order valence-electron chi connectivity index (χ3n) is 7.34. The number of ether oxygens (including phenoxy) is 2. The lowest BCUT2D eigenvalue weighted by atomic mass is 9.90. The number of aliphatic hydroxyl groups excluding tert-OH is 3. The van der Waals surface area contributed by atoms with Gasteiger partial charge in [0.15, 0.2) is 0 Å². The Hall–Kier alpha value is -0.0900. The maximum Gasteiger partial charge on any atom is 0.472 e. The largest absolute Gasteiger partial charge is 0.472 e. The van der Waals surface area contributed by atoms with Crippen LogP contribution in [0.3, 0.4) is 0 Å². The maximum absolute atomic E-state index is 12.2. The van der Waals surface area contributed by atoms with Gasteiger partial charge in [0.1, 0.15) is 18.3 Å². The van der Waals surface area contributed by atoms with E-state index >= 15 is 0 Å². The predicted octanol–water partition coefficient (Wildman–Crippen LogP) is 5.66. The van der Waals surface area contributed by atoms with Crippen LogP contribution in [-0.4, -0.2) is 77.7 Å². The normalized spacial score (nSPS) is 24.4. The number of aliphatic hydroxyl groups is 3. The van der Waals surface area contributed by atoms with Crippen molar-refractivity contribution in [1.29, 1.82) is 0 Å². The molecule has 9 nitrogen and oxygen atoms in total. The zero-order valence-electron chi connectivity index (χ0n) is 24.0. The molecule has 0 spiro atoms. The number of phosphoric ester groups is 1. The molecule has 0 heterocycles. The van der Waals surface area contributed by atoms with Gasteiger partial charge < -0.3 is 29.7 Å². The predicted molar refractivity (Wildman–Crippen MR) is 149 cm³/mol. The summed E-state index contributed by atoms with van der Waals surface area (Å²) < 4.78 is 33.2. The molecule has 0 aromatic carbocycles. The molecule has 0 bridgehead atoms. The first kappa shape index (κ1) is 35.9. The number of phosphoric acid groups is 1. The van der Waals surface area contributed by atoms with Gasteiger partial charge in [0.05, 0.1) is 25.4 Å². The Balaban J connectivity index is 1.96. The summed E-state index contributed by atoms with van der Waals surface area (Å²) in [4.78, 5) is 9.97. The quantitative estimate of drug-likeness (QED) is 0.0813. The summed E-state index contributed by atoms with van der Waals surface area (Å²) in [6.45, 7) is 2.88. The van der Waals surface area contributed by atoms with Crippen LogP contribution in [-0.2, 0) is 23.1 Å². The van der Waals surface area contributed by atoms with Crippen LogP contribution in [0.4, 0.5) is 0 Å². The Bertz CT molecular complexity index is 595. The first-order valence-corrected chi connectivity index (χ1v) is 16.6. The fraction of sp³-hybridized carbons (Fsp3) is 1.00. The molecule has 228 valence electrons. The van der Waals surface area contributed by atoms with Gasteiger partial charge in [0.25, 0.3) is 0 Å². The van der Waals surface area contributed by atoms with Gasteiger partial charge in [-0.3, -0.25) is 9.05 Å². The molecular weight excluding hydrogens is 511 g/mol. The van der Waals surface area contributed by atoms with Crippen molar-refractivity contribution in [2.45, 2.75) is 153 Å². The van der Waals surface area contributed by atoms with Crippen LogP contribution in [0.15, 0.2) is 0 Å². The standard InChI is InChI=1S/C28H57O9P/c1-3-4-5-6-7-8-9-10-11-12-13-14-15-16-17-18-21-35-22-24(34-2)23-36-38(32,33)37-26-20-19-25(29)27(30)28(26)31/h24-31H,3-23H2,1-2H3,(H,32,33)/t24-,25-,26-,27+,28+/m1/s1. The first-order valence-electron chi connectivity index (χ1n) is 15.1. The molecule has 0 aliphatic heterocycles. The topological polar surface area (TPSA) is 135 Å². The molecule has 0 radical (unpaired) electrons. The molecular formula is C28H57O9P. The van der Waals surface area contributed by atoms with Gasteiger partial charge in [-0.25, -0.2) is 4.57 Å². The molecule has 1 saturated carbocycles. The minimum Gasteiger partial charge on any atom is -0.390 e. The molecule has 1 aliphatic rings. The Morgan fingerprint density at radius 2 is 1.24 bits per heavy atom. The van der Waals surface area contributed by atoms with Crippen molar-refractivity contribution in [2.75, 3.05) is 26.9 Å². The van der Waals surface area contributed by atoms with Gasteiger partial charge in [-0.15, -0.1) is 0 Å². The average Bonchev–Trinajstić information content (AvgIpc) is 2.90. The summed E-state index contributed by atoms with van der Waals surface area (Å²) in [5, 5.41) is 29.2. The van der Waals surface area contributed by atoms with E-state index < -0.39 is 38.3 Å². The summed E-state index contributed by atoms with van der Waals surface area (Å²) in [6, 6.07) is 0. The van der Waals surface area contributed by atoms with E-state index in [1.54, 1.807) is 0 Å². The molecule has 0 amide bonds. The highest BCUT2D eigenvalue weighted by Gasteiger charge is 2.41. The van der Waals surface area contributed by atoms with Crippen molar-refractivity contribution in [3.63, 3.8) is 0 Å².